The molecule has 0 spiro atoms. The number of fused-ring (bicyclic) bond motifs is 1. The van der Waals surface area contributed by atoms with Crippen LogP contribution in [0.1, 0.15) is 25.0 Å². The molecule has 1 aliphatic rings. The Morgan fingerprint density at radius 2 is 1.77 bits per heavy atom. The van der Waals surface area contributed by atoms with E-state index in [2.05, 4.69) is 60.0 Å². The number of aliphatic hydroxyl groups is 1. The van der Waals surface area contributed by atoms with Gasteiger partial charge in [0.15, 0.2) is 0 Å². The molecule has 0 unspecified atom stereocenters. The third-order valence-corrected chi connectivity index (χ3v) is 10.7. The molecule has 3 aromatic carbocycles. The Labute approximate surface area is 264 Å². The van der Waals surface area contributed by atoms with E-state index in [-0.39, 0.29) is 41.2 Å². The average molecular weight is 634 g/mol. The van der Waals surface area contributed by atoms with Gasteiger partial charge in [0.05, 0.1) is 19.1 Å². The first-order valence-corrected chi connectivity index (χ1v) is 17.1. The van der Waals surface area contributed by atoms with E-state index in [1.807, 2.05) is 25.1 Å². The number of ether oxygens (including phenoxy) is 1. The maximum Gasteiger partial charge on any atom is 0.271 e. The number of anilines is 1. The lowest BCUT2D eigenvalue weighted by Crippen LogP contribution is -2.47. The Morgan fingerprint density at radius 3 is 2.45 bits per heavy atom. The number of hydrogen-bond acceptors (Lipinski definition) is 7. The van der Waals surface area contributed by atoms with Gasteiger partial charge >= 0.3 is 0 Å². The van der Waals surface area contributed by atoms with E-state index in [9.17, 15) is 18.3 Å². The summed E-state index contributed by atoms with van der Waals surface area (Å²) < 4.78 is 35.2. The molecule has 2 heterocycles. The molecule has 0 fully saturated rings. The quantitative estimate of drug-likeness (QED) is 0.240. The van der Waals surface area contributed by atoms with Gasteiger partial charge in [-0.15, -0.1) is 11.3 Å². The van der Waals surface area contributed by atoms with Crippen LogP contribution in [0.25, 0.3) is 11.1 Å². The van der Waals surface area contributed by atoms with Gasteiger partial charge in [-0.1, -0.05) is 67.6 Å². The van der Waals surface area contributed by atoms with Gasteiger partial charge in [0.1, 0.15) is 16.1 Å². The van der Waals surface area contributed by atoms with Crippen molar-refractivity contribution in [3.05, 3.63) is 101 Å². The monoisotopic (exact) mass is 633 g/mol. The minimum absolute atomic E-state index is 0.0251. The smallest absolute Gasteiger partial charge is 0.271 e. The molecular formula is C34H39N3O5S2. The van der Waals surface area contributed by atoms with Crippen LogP contribution in [0.3, 0.4) is 0 Å². The number of hydrogen-bond donors (Lipinski definition) is 2. The number of likely N-dealkylation sites (N-methyl/N-ethyl adjacent to an activating group) is 1. The molecule has 0 bridgehead atoms. The highest BCUT2D eigenvalue weighted by atomic mass is 32.2. The minimum atomic E-state index is -3.75. The maximum absolute atomic E-state index is 13.5. The van der Waals surface area contributed by atoms with E-state index >= 15 is 0 Å². The fourth-order valence-corrected chi connectivity index (χ4v) is 7.49. The molecule has 0 saturated carbocycles. The summed E-state index contributed by atoms with van der Waals surface area (Å²) in [5.74, 6) is 0.362. The van der Waals surface area contributed by atoms with E-state index in [1.165, 1.54) is 16.7 Å². The highest BCUT2D eigenvalue weighted by molar-refractivity contribution is 7.94. The molecule has 3 atom stereocenters. The van der Waals surface area contributed by atoms with Crippen molar-refractivity contribution in [2.75, 3.05) is 31.5 Å². The normalized spacial score (nSPS) is 18.1. The number of nitrogens with one attached hydrogen (secondary N) is 1. The zero-order chi connectivity index (χ0) is 31.3. The van der Waals surface area contributed by atoms with E-state index < -0.39 is 10.0 Å². The number of aliphatic hydroxyl groups excluding tert-OH is 1. The molecule has 10 heteroatoms. The first kappa shape index (κ1) is 31.7. The van der Waals surface area contributed by atoms with Gasteiger partial charge in [-0.2, -0.15) is 0 Å². The van der Waals surface area contributed by atoms with Gasteiger partial charge in [-0.3, -0.25) is 14.4 Å². The zero-order valence-electron chi connectivity index (χ0n) is 25.2. The Bertz CT molecular complexity index is 1640. The molecule has 1 aromatic heterocycles. The summed E-state index contributed by atoms with van der Waals surface area (Å²) in [5, 5.41) is 11.6. The van der Waals surface area contributed by atoms with E-state index in [0.717, 1.165) is 11.3 Å². The minimum Gasteiger partial charge on any atom is -0.488 e. The summed E-state index contributed by atoms with van der Waals surface area (Å²) in [7, 11) is -1.70. The number of amides is 1. The second-order valence-corrected chi connectivity index (χ2v) is 14.4. The second-order valence-electron chi connectivity index (χ2n) is 11.5. The molecule has 5 rings (SSSR count). The van der Waals surface area contributed by atoms with E-state index in [1.54, 1.807) is 40.6 Å². The van der Waals surface area contributed by atoms with Crippen molar-refractivity contribution in [3.8, 4) is 16.9 Å². The van der Waals surface area contributed by atoms with Crippen LogP contribution in [-0.2, 0) is 27.8 Å². The summed E-state index contributed by atoms with van der Waals surface area (Å²) in [6.45, 7) is 5.48. The fraction of sp³-hybridized carbons (Fsp3) is 0.324. The van der Waals surface area contributed by atoms with Crippen LogP contribution >= 0.6 is 11.3 Å². The van der Waals surface area contributed by atoms with Crippen LogP contribution in [0.4, 0.5) is 5.69 Å². The van der Waals surface area contributed by atoms with Gasteiger partial charge in [0.25, 0.3) is 10.0 Å². The third kappa shape index (κ3) is 7.68. The summed E-state index contributed by atoms with van der Waals surface area (Å²) in [5.41, 5.74) is 4.47. The van der Waals surface area contributed by atoms with Crippen molar-refractivity contribution in [1.29, 1.82) is 0 Å². The predicted octanol–water partition coefficient (Wildman–Crippen LogP) is 5.50. The Hall–Kier alpha value is -3.70. The number of carbonyl (C=O) groups excluding carboxylic acids is 1. The molecule has 8 nitrogen and oxygen atoms in total. The van der Waals surface area contributed by atoms with Crippen molar-refractivity contribution in [2.45, 2.75) is 43.2 Å². The maximum atomic E-state index is 13.5. The van der Waals surface area contributed by atoms with Crippen LogP contribution in [0.15, 0.2) is 94.5 Å². The molecule has 1 aliphatic heterocycles. The molecule has 2 N–H and O–H groups in total. The van der Waals surface area contributed by atoms with Crippen LogP contribution < -0.4 is 9.46 Å². The lowest BCUT2D eigenvalue weighted by molar-refractivity contribution is -0.134. The van der Waals surface area contributed by atoms with Crippen molar-refractivity contribution in [1.82, 2.24) is 9.80 Å². The van der Waals surface area contributed by atoms with Gasteiger partial charge in [0.2, 0.25) is 5.91 Å². The Morgan fingerprint density at radius 1 is 1.05 bits per heavy atom. The SMILES string of the molecule is C[C@H]1CN([C@@H](C)CO)C(=O)Cc2cc(NS(=O)(=O)c3cccs3)ccc2O[C@@H]1CN(C)Cc1ccc(-c2ccccc2)cc1. The first-order valence-electron chi connectivity index (χ1n) is 14.7. The van der Waals surface area contributed by atoms with E-state index in [0.29, 0.717) is 36.6 Å². The van der Waals surface area contributed by atoms with E-state index in [4.69, 9.17) is 4.74 Å². The summed E-state index contributed by atoms with van der Waals surface area (Å²) in [4.78, 5) is 17.4. The molecule has 1 amide bonds. The van der Waals surface area contributed by atoms with Crippen molar-refractivity contribution in [3.63, 3.8) is 0 Å². The topological polar surface area (TPSA) is 99.2 Å². The van der Waals surface area contributed by atoms with Gasteiger partial charge < -0.3 is 14.7 Å². The molecule has 4 aromatic rings. The zero-order valence-corrected chi connectivity index (χ0v) is 26.9. The molecule has 0 saturated heterocycles. The van der Waals surface area contributed by atoms with Gasteiger partial charge in [-0.05, 0) is 60.3 Å². The van der Waals surface area contributed by atoms with Crippen molar-refractivity contribution in [2.24, 2.45) is 5.92 Å². The largest absolute Gasteiger partial charge is 0.488 e. The number of thiophene rings is 1. The second kappa shape index (κ2) is 13.9. The molecule has 0 aliphatic carbocycles. The van der Waals surface area contributed by atoms with Crippen LogP contribution in [0.2, 0.25) is 0 Å². The van der Waals surface area contributed by atoms with Gasteiger partial charge in [-0.25, -0.2) is 8.42 Å². The molecule has 232 valence electrons. The highest BCUT2D eigenvalue weighted by Gasteiger charge is 2.31. The molecular weight excluding hydrogens is 595 g/mol. The summed E-state index contributed by atoms with van der Waals surface area (Å²) in [6, 6.07) is 26.8. The molecule has 0 radical (unpaired) electrons. The average Bonchev–Trinajstić information content (AvgIpc) is 3.58. The third-order valence-electron chi connectivity index (χ3n) is 7.93. The summed E-state index contributed by atoms with van der Waals surface area (Å²) in [6.07, 6.45) is -0.243. The number of rotatable bonds is 10. The highest BCUT2D eigenvalue weighted by Crippen LogP contribution is 2.31. The lowest BCUT2D eigenvalue weighted by atomic mass is 10.0. The number of nitrogens with zero attached hydrogens (tertiary/aromatic N) is 2. The van der Waals surface area contributed by atoms with Gasteiger partial charge in [0, 0.05) is 36.8 Å². The first-order chi connectivity index (χ1) is 21.1. The molecule has 44 heavy (non-hydrogen) atoms. The fourth-order valence-electron chi connectivity index (χ4n) is 5.45. The lowest BCUT2D eigenvalue weighted by Gasteiger charge is -2.34. The van der Waals surface area contributed by atoms with Crippen molar-refractivity contribution >= 4 is 33.0 Å². The Kier molecular flexibility index (Phi) is 10.1. The van der Waals surface area contributed by atoms with Crippen LogP contribution in [0.5, 0.6) is 5.75 Å². The van der Waals surface area contributed by atoms with Crippen LogP contribution in [-0.4, -0.2) is 68.1 Å². The predicted molar refractivity (Wildman–Crippen MR) is 175 cm³/mol. The number of benzene rings is 3. The Balaban J connectivity index is 1.37. The number of carbonyl (C=O) groups is 1. The summed E-state index contributed by atoms with van der Waals surface area (Å²) >= 11 is 1.13. The standard InChI is InChI=1S/C34H39N3O5S2/c1-24-20-37(25(2)23-38)33(39)19-29-18-30(35-44(40,41)34-10-7-17-43-34)15-16-31(29)42-32(24)22-36(3)21-26-11-13-28(14-12-26)27-8-5-4-6-9-27/h4-18,24-25,32,35,38H,19-23H2,1-3H3/t24-,25-,32+/m0/s1. The van der Waals surface area contributed by atoms with Crippen LogP contribution in [0, 0.1) is 5.92 Å². The van der Waals surface area contributed by atoms with Crippen molar-refractivity contribution < 1.29 is 23.1 Å². The number of sulfonamides is 1.